The zero-order valence-electron chi connectivity index (χ0n) is 24.5. The second-order valence-electron chi connectivity index (χ2n) is 11.6. The fourth-order valence-corrected chi connectivity index (χ4v) is 5.64. The predicted octanol–water partition coefficient (Wildman–Crippen LogP) is 5.08. The van der Waals surface area contributed by atoms with Gasteiger partial charge in [0.2, 0.25) is 0 Å². The molecular weight excluding hydrogens is 484 g/mol. The molecule has 0 bridgehead atoms. The molecule has 0 amide bonds. The molecule has 1 unspecified atom stereocenters. The van der Waals surface area contributed by atoms with E-state index in [1.54, 1.807) is 19.2 Å². The Kier molecular flexibility index (Phi) is 8.48. The summed E-state index contributed by atoms with van der Waals surface area (Å²) >= 11 is 0. The summed E-state index contributed by atoms with van der Waals surface area (Å²) < 4.78 is 7.37. The van der Waals surface area contributed by atoms with Crippen molar-refractivity contribution in [1.82, 2.24) is 9.47 Å². The van der Waals surface area contributed by atoms with Crippen molar-refractivity contribution in [2.45, 2.75) is 66.8 Å². The average Bonchev–Trinajstić information content (AvgIpc) is 2.90. The van der Waals surface area contributed by atoms with Gasteiger partial charge in [-0.05, 0) is 54.9 Å². The van der Waals surface area contributed by atoms with E-state index >= 15 is 0 Å². The van der Waals surface area contributed by atoms with Crippen molar-refractivity contribution < 1.29 is 9.53 Å². The monoisotopic (exact) mass is 526 g/mol. The van der Waals surface area contributed by atoms with E-state index in [1.165, 1.54) is 21.9 Å². The van der Waals surface area contributed by atoms with Gasteiger partial charge in [0.25, 0.3) is 0 Å². The maximum Gasteiger partial charge on any atom is 0.343 e. The van der Waals surface area contributed by atoms with Gasteiger partial charge in [-0.25, -0.2) is 4.79 Å². The van der Waals surface area contributed by atoms with Crippen molar-refractivity contribution in [2.24, 2.45) is 5.41 Å². The summed E-state index contributed by atoms with van der Waals surface area (Å²) in [5.74, 6) is -0.565. The van der Waals surface area contributed by atoms with Gasteiger partial charge in [-0.3, -0.25) is 4.79 Å². The van der Waals surface area contributed by atoms with Crippen LogP contribution >= 0.6 is 0 Å². The highest BCUT2D eigenvalue weighted by molar-refractivity contribution is 5.89. The number of hydrogen-bond donors (Lipinski definition) is 0. The van der Waals surface area contributed by atoms with Crippen LogP contribution in [0.5, 0.6) is 0 Å². The molecule has 0 radical (unpaired) electrons. The van der Waals surface area contributed by atoms with Crippen molar-refractivity contribution in [3.8, 4) is 0 Å². The smallest absolute Gasteiger partial charge is 0.343 e. The molecule has 4 rings (SSSR count). The fraction of sp³-hybridized carbons (Fsp3) is 0.412. The molecule has 0 saturated carbocycles. The summed E-state index contributed by atoms with van der Waals surface area (Å²) in [6.07, 6.45) is 4.56. The van der Waals surface area contributed by atoms with Crippen LogP contribution in [0.25, 0.3) is 11.3 Å². The topological polar surface area (TPSA) is 51.5 Å². The second kappa shape index (κ2) is 11.6. The molecule has 2 heterocycles. The lowest BCUT2D eigenvalue weighted by atomic mass is 9.84. The third-order valence-electron chi connectivity index (χ3n) is 7.87. The number of esters is 1. The predicted molar refractivity (Wildman–Crippen MR) is 159 cm³/mol. The molecule has 0 fully saturated rings. The Morgan fingerprint density at radius 3 is 2.38 bits per heavy atom. The molecule has 1 aromatic heterocycles. The van der Waals surface area contributed by atoms with E-state index in [2.05, 4.69) is 99.7 Å². The van der Waals surface area contributed by atoms with Gasteiger partial charge < -0.3 is 14.2 Å². The zero-order chi connectivity index (χ0) is 28.3. The third kappa shape index (κ3) is 5.88. The minimum atomic E-state index is -0.565. The Balaban J connectivity index is 2.02. The second-order valence-corrected chi connectivity index (χ2v) is 11.6. The molecular formula is C34H42N2O3. The molecule has 206 valence electrons. The standard InChI is InChI=1S/C34H42N2O3/c1-8-23(3)31-25(19-18-24-14-11-10-12-15-24)16-13-17-26(31)32-28-20-29(37)27(33(38)39-9-2)21-36(28)30(22-35(32)7)34(4,5)6/h10-17,20-21,30H,8-9,18-19,22H2,1-7H3/b31-23-,32-26-. The first-order valence-corrected chi connectivity index (χ1v) is 14.1. The van der Waals surface area contributed by atoms with E-state index in [0.29, 0.717) is 0 Å². The van der Waals surface area contributed by atoms with Crippen LogP contribution < -0.4 is 15.9 Å². The zero-order valence-corrected chi connectivity index (χ0v) is 24.5. The van der Waals surface area contributed by atoms with Crippen LogP contribution in [-0.4, -0.2) is 35.6 Å². The van der Waals surface area contributed by atoms with E-state index in [-0.39, 0.29) is 29.1 Å². The maximum absolute atomic E-state index is 13.3. The Bertz CT molecular complexity index is 1530. The largest absolute Gasteiger partial charge is 0.462 e. The van der Waals surface area contributed by atoms with E-state index in [4.69, 9.17) is 4.74 Å². The number of likely N-dealkylation sites (N-methyl/N-ethyl adjacent to an activating group) is 1. The first-order chi connectivity index (χ1) is 18.6. The molecule has 0 aliphatic carbocycles. The van der Waals surface area contributed by atoms with Crippen LogP contribution in [0.1, 0.15) is 81.2 Å². The molecule has 5 heteroatoms. The van der Waals surface area contributed by atoms with Crippen LogP contribution in [0.15, 0.2) is 65.6 Å². The number of rotatable bonds is 6. The minimum Gasteiger partial charge on any atom is -0.462 e. The van der Waals surface area contributed by atoms with Gasteiger partial charge in [0.15, 0.2) is 5.43 Å². The maximum atomic E-state index is 13.3. The number of nitrogens with zero attached hydrogens (tertiary/aromatic N) is 2. The number of aromatic nitrogens is 1. The van der Waals surface area contributed by atoms with Gasteiger partial charge in [-0.1, -0.05) is 81.8 Å². The summed E-state index contributed by atoms with van der Waals surface area (Å²) in [6.45, 7) is 13.8. The lowest BCUT2D eigenvalue weighted by Crippen LogP contribution is -2.46. The summed E-state index contributed by atoms with van der Waals surface area (Å²) in [7, 11) is 2.11. The van der Waals surface area contributed by atoms with Crippen LogP contribution in [0.3, 0.4) is 0 Å². The third-order valence-corrected chi connectivity index (χ3v) is 7.87. The summed E-state index contributed by atoms with van der Waals surface area (Å²) in [5, 5.41) is 2.40. The van der Waals surface area contributed by atoms with Crippen LogP contribution in [0.4, 0.5) is 0 Å². The number of pyridine rings is 1. The minimum absolute atomic E-state index is 0.0657. The van der Waals surface area contributed by atoms with E-state index in [1.807, 2.05) is 0 Å². The summed E-state index contributed by atoms with van der Waals surface area (Å²) in [4.78, 5) is 28.3. The number of ether oxygens (including phenoxy) is 1. The highest BCUT2D eigenvalue weighted by Gasteiger charge is 2.35. The van der Waals surface area contributed by atoms with Gasteiger partial charge in [-0.15, -0.1) is 0 Å². The SMILES string of the molecule is CCOC(=O)c1cn2c(cc1=O)/C(=c1\cccc(CCc3ccccc3)\c1=C(/C)CC)N(C)CC2C(C)(C)C. The van der Waals surface area contributed by atoms with Crippen LogP contribution in [0, 0.1) is 5.41 Å². The molecule has 1 atom stereocenters. The summed E-state index contributed by atoms with van der Waals surface area (Å²) in [6, 6.07) is 18.8. The number of fused-ring (bicyclic) bond motifs is 1. The van der Waals surface area contributed by atoms with Crippen LogP contribution in [-0.2, 0) is 17.6 Å². The Morgan fingerprint density at radius 1 is 1.03 bits per heavy atom. The Morgan fingerprint density at radius 2 is 1.74 bits per heavy atom. The molecule has 0 N–H and O–H groups in total. The van der Waals surface area contributed by atoms with E-state index < -0.39 is 5.97 Å². The van der Waals surface area contributed by atoms with Gasteiger partial charge in [0, 0.05) is 31.1 Å². The molecule has 1 aliphatic heterocycles. The molecule has 0 saturated heterocycles. The Hall–Kier alpha value is -3.60. The molecule has 39 heavy (non-hydrogen) atoms. The number of carbonyl (C=O) groups excluding carboxylic acids is 1. The number of hydrogen-bond acceptors (Lipinski definition) is 4. The number of aryl methyl sites for hydroxylation is 2. The number of benzene rings is 2. The van der Waals surface area contributed by atoms with Gasteiger partial charge in [-0.2, -0.15) is 0 Å². The molecule has 2 aromatic carbocycles. The van der Waals surface area contributed by atoms with Crippen molar-refractivity contribution in [3.63, 3.8) is 0 Å². The quantitative estimate of drug-likeness (QED) is 0.421. The Labute approximate surface area is 232 Å². The van der Waals surface area contributed by atoms with Crippen LogP contribution in [0.2, 0.25) is 0 Å². The fourth-order valence-electron chi connectivity index (χ4n) is 5.64. The highest BCUT2D eigenvalue weighted by atomic mass is 16.5. The van der Waals surface area contributed by atoms with Gasteiger partial charge in [0.1, 0.15) is 5.56 Å². The normalized spacial score (nSPS) is 17.5. The average molecular weight is 527 g/mol. The summed E-state index contributed by atoms with van der Waals surface area (Å²) in [5.41, 5.74) is 5.50. The molecule has 5 nitrogen and oxygen atoms in total. The van der Waals surface area contributed by atoms with Crippen molar-refractivity contribution in [2.75, 3.05) is 20.2 Å². The highest BCUT2D eigenvalue weighted by Crippen LogP contribution is 2.37. The van der Waals surface area contributed by atoms with Gasteiger partial charge >= 0.3 is 5.97 Å². The van der Waals surface area contributed by atoms with Gasteiger partial charge in [0.05, 0.1) is 24.0 Å². The lowest BCUT2D eigenvalue weighted by molar-refractivity contribution is 0.0522. The first kappa shape index (κ1) is 28.4. The van der Waals surface area contributed by atoms with E-state index in [9.17, 15) is 9.59 Å². The molecule has 0 spiro atoms. The van der Waals surface area contributed by atoms with E-state index in [0.717, 1.165) is 42.4 Å². The molecule has 3 aromatic rings. The number of carbonyl (C=O) groups is 1. The van der Waals surface area contributed by atoms with Crippen molar-refractivity contribution in [3.05, 3.63) is 104 Å². The molecule has 1 aliphatic rings. The van der Waals surface area contributed by atoms with Crippen molar-refractivity contribution >= 4 is 17.2 Å². The lowest BCUT2D eigenvalue weighted by Gasteiger charge is -2.43. The van der Waals surface area contributed by atoms with Crippen molar-refractivity contribution in [1.29, 1.82) is 0 Å². The first-order valence-electron chi connectivity index (χ1n) is 14.1.